The molecule has 0 saturated carbocycles. The third-order valence-corrected chi connectivity index (χ3v) is 4.06. The Morgan fingerprint density at radius 3 is 2.95 bits per heavy atom. The van der Waals surface area contributed by atoms with Crippen molar-refractivity contribution in [1.82, 2.24) is 30.1 Å². The van der Waals surface area contributed by atoms with Gasteiger partial charge in [-0.15, -0.1) is 5.10 Å². The quantitative estimate of drug-likeness (QED) is 0.818. The standard InChI is InChI=1S/C14H28N6/c1-4-14-12-18(3)6-5-7-19(14)8-9-20-11-13(10-15-2)16-17-20/h11,14-15H,4-10,12H2,1-3H3. The third-order valence-electron chi connectivity index (χ3n) is 4.06. The van der Waals surface area contributed by atoms with Gasteiger partial charge in [0.05, 0.1) is 12.2 Å². The van der Waals surface area contributed by atoms with Crippen molar-refractivity contribution in [1.29, 1.82) is 0 Å². The van der Waals surface area contributed by atoms with Gasteiger partial charge >= 0.3 is 0 Å². The second-order valence-corrected chi connectivity index (χ2v) is 5.72. The van der Waals surface area contributed by atoms with E-state index in [1.807, 2.05) is 17.9 Å². The Balaban J connectivity index is 1.87. The van der Waals surface area contributed by atoms with Crippen LogP contribution in [0.5, 0.6) is 0 Å². The van der Waals surface area contributed by atoms with Gasteiger partial charge in [-0.25, -0.2) is 0 Å². The van der Waals surface area contributed by atoms with E-state index in [2.05, 4.69) is 39.4 Å². The van der Waals surface area contributed by atoms with Crippen molar-refractivity contribution in [2.24, 2.45) is 0 Å². The summed E-state index contributed by atoms with van der Waals surface area (Å²) in [6, 6.07) is 0.669. The van der Waals surface area contributed by atoms with Crippen LogP contribution in [0.15, 0.2) is 6.20 Å². The van der Waals surface area contributed by atoms with Gasteiger partial charge < -0.3 is 10.2 Å². The Bertz CT molecular complexity index is 391. The monoisotopic (exact) mass is 280 g/mol. The van der Waals surface area contributed by atoms with Gasteiger partial charge in [-0.3, -0.25) is 9.58 Å². The molecule has 1 aromatic heterocycles. The molecule has 6 nitrogen and oxygen atoms in total. The van der Waals surface area contributed by atoms with Crippen LogP contribution in [0.2, 0.25) is 0 Å². The third kappa shape index (κ3) is 4.26. The zero-order chi connectivity index (χ0) is 14.4. The molecule has 2 heterocycles. The minimum absolute atomic E-state index is 0.669. The summed E-state index contributed by atoms with van der Waals surface area (Å²) < 4.78 is 1.97. The first-order chi connectivity index (χ1) is 9.72. The lowest BCUT2D eigenvalue weighted by molar-refractivity contribution is 0.175. The van der Waals surface area contributed by atoms with Crippen LogP contribution in [0.4, 0.5) is 0 Å². The second kappa shape index (κ2) is 7.71. The summed E-state index contributed by atoms with van der Waals surface area (Å²) in [5, 5.41) is 11.5. The molecule has 0 spiro atoms. The molecule has 1 N–H and O–H groups in total. The molecule has 0 amide bonds. The summed E-state index contributed by atoms with van der Waals surface area (Å²) in [6.45, 7) is 8.65. The van der Waals surface area contributed by atoms with Crippen molar-refractivity contribution in [3.05, 3.63) is 11.9 Å². The fraction of sp³-hybridized carbons (Fsp3) is 0.857. The molecule has 0 aromatic carbocycles. The number of nitrogens with zero attached hydrogens (tertiary/aromatic N) is 5. The topological polar surface area (TPSA) is 49.2 Å². The molecule has 20 heavy (non-hydrogen) atoms. The predicted octanol–water partition coefficient (Wildman–Crippen LogP) is 0.414. The van der Waals surface area contributed by atoms with Crippen LogP contribution in [-0.2, 0) is 13.1 Å². The molecule has 0 radical (unpaired) electrons. The Morgan fingerprint density at radius 1 is 1.35 bits per heavy atom. The van der Waals surface area contributed by atoms with Crippen LogP contribution in [-0.4, -0.2) is 71.1 Å². The summed E-state index contributed by atoms with van der Waals surface area (Å²) >= 11 is 0. The summed E-state index contributed by atoms with van der Waals surface area (Å²) in [5.41, 5.74) is 1.01. The van der Waals surface area contributed by atoms with E-state index in [0.29, 0.717) is 6.04 Å². The van der Waals surface area contributed by atoms with Crippen molar-refractivity contribution < 1.29 is 0 Å². The van der Waals surface area contributed by atoms with E-state index in [1.54, 1.807) is 0 Å². The van der Waals surface area contributed by atoms with E-state index in [9.17, 15) is 0 Å². The lowest BCUT2D eigenvalue weighted by Gasteiger charge is -2.29. The van der Waals surface area contributed by atoms with Gasteiger partial charge in [-0.2, -0.15) is 0 Å². The Hall–Kier alpha value is -0.980. The number of rotatable bonds is 6. The minimum Gasteiger partial charge on any atom is -0.314 e. The Morgan fingerprint density at radius 2 is 2.20 bits per heavy atom. The molecule has 0 bridgehead atoms. The van der Waals surface area contributed by atoms with Crippen LogP contribution < -0.4 is 5.32 Å². The zero-order valence-electron chi connectivity index (χ0n) is 13.0. The van der Waals surface area contributed by atoms with Crippen LogP contribution >= 0.6 is 0 Å². The highest BCUT2D eigenvalue weighted by molar-refractivity contribution is 4.91. The normalized spacial score (nSPS) is 22.1. The van der Waals surface area contributed by atoms with Crippen molar-refractivity contribution in [2.45, 2.75) is 38.9 Å². The molecule has 1 aliphatic heterocycles. The summed E-state index contributed by atoms with van der Waals surface area (Å²) in [5.74, 6) is 0. The first kappa shape index (κ1) is 15.4. The minimum atomic E-state index is 0.669. The van der Waals surface area contributed by atoms with Gasteiger partial charge in [-0.05, 0) is 40.0 Å². The van der Waals surface area contributed by atoms with E-state index in [1.165, 1.54) is 32.5 Å². The van der Waals surface area contributed by atoms with Crippen LogP contribution in [0.1, 0.15) is 25.5 Å². The summed E-state index contributed by atoms with van der Waals surface area (Å²) in [7, 11) is 4.16. The highest BCUT2D eigenvalue weighted by Gasteiger charge is 2.21. The first-order valence-corrected chi connectivity index (χ1v) is 7.69. The van der Waals surface area contributed by atoms with Gasteiger partial charge in [0.2, 0.25) is 0 Å². The van der Waals surface area contributed by atoms with Gasteiger partial charge in [0.1, 0.15) is 0 Å². The summed E-state index contributed by atoms with van der Waals surface area (Å²) in [6.07, 6.45) is 4.52. The van der Waals surface area contributed by atoms with Crippen LogP contribution in [0.25, 0.3) is 0 Å². The van der Waals surface area contributed by atoms with Crippen molar-refractivity contribution in [2.75, 3.05) is 40.3 Å². The SMILES string of the molecule is CCC1CN(C)CCCN1CCn1cc(CNC)nn1. The van der Waals surface area contributed by atoms with Gasteiger partial charge in [-0.1, -0.05) is 12.1 Å². The molecular formula is C14H28N6. The van der Waals surface area contributed by atoms with E-state index < -0.39 is 0 Å². The number of likely N-dealkylation sites (N-methyl/N-ethyl adjacent to an activating group) is 1. The highest BCUT2D eigenvalue weighted by Crippen LogP contribution is 2.11. The molecule has 1 saturated heterocycles. The highest BCUT2D eigenvalue weighted by atomic mass is 15.4. The molecule has 1 aliphatic rings. The smallest absolute Gasteiger partial charge is 0.0964 e. The summed E-state index contributed by atoms with van der Waals surface area (Å²) in [4.78, 5) is 5.07. The van der Waals surface area contributed by atoms with E-state index >= 15 is 0 Å². The molecule has 6 heteroatoms. The van der Waals surface area contributed by atoms with Crippen LogP contribution in [0.3, 0.4) is 0 Å². The molecule has 1 fully saturated rings. The van der Waals surface area contributed by atoms with Gasteiger partial charge in [0.25, 0.3) is 0 Å². The lowest BCUT2D eigenvalue weighted by atomic mass is 10.2. The van der Waals surface area contributed by atoms with Gasteiger partial charge in [0, 0.05) is 31.9 Å². The first-order valence-electron chi connectivity index (χ1n) is 7.69. The van der Waals surface area contributed by atoms with E-state index in [4.69, 9.17) is 0 Å². The molecular weight excluding hydrogens is 252 g/mol. The molecule has 2 rings (SSSR count). The predicted molar refractivity (Wildman–Crippen MR) is 80.6 cm³/mol. The maximum atomic E-state index is 4.20. The Labute approximate surface area is 122 Å². The van der Waals surface area contributed by atoms with Crippen molar-refractivity contribution in [3.8, 4) is 0 Å². The van der Waals surface area contributed by atoms with E-state index in [0.717, 1.165) is 25.3 Å². The Kier molecular flexibility index (Phi) is 5.94. The molecule has 1 atom stereocenters. The average molecular weight is 280 g/mol. The maximum absolute atomic E-state index is 4.20. The fourth-order valence-electron chi connectivity index (χ4n) is 2.92. The lowest BCUT2D eigenvalue weighted by Crippen LogP contribution is -2.41. The fourth-order valence-corrected chi connectivity index (χ4v) is 2.92. The molecule has 114 valence electrons. The number of hydrogen-bond donors (Lipinski definition) is 1. The van der Waals surface area contributed by atoms with E-state index in [-0.39, 0.29) is 0 Å². The number of aromatic nitrogens is 3. The van der Waals surface area contributed by atoms with Crippen molar-refractivity contribution in [3.63, 3.8) is 0 Å². The van der Waals surface area contributed by atoms with Crippen LogP contribution in [0, 0.1) is 0 Å². The van der Waals surface area contributed by atoms with Gasteiger partial charge in [0.15, 0.2) is 0 Å². The largest absolute Gasteiger partial charge is 0.314 e. The van der Waals surface area contributed by atoms with Crippen molar-refractivity contribution >= 4 is 0 Å². The molecule has 1 unspecified atom stereocenters. The number of hydrogen-bond acceptors (Lipinski definition) is 5. The molecule has 1 aromatic rings. The average Bonchev–Trinajstić information content (AvgIpc) is 2.80. The number of nitrogens with one attached hydrogen (secondary N) is 1. The zero-order valence-corrected chi connectivity index (χ0v) is 13.0. The molecule has 0 aliphatic carbocycles. The second-order valence-electron chi connectivity index (χ2n) is 5.72. The maximum Gasteiger partial charge on any atom is 0.0964 e.